The van der Waals surface area contributed by atoms with Gasteiger partial charge in [-0.05, 0) is 56.1 Å². The van der Waals surface area contributed by atoms with E-state index >= 15 is 0 Å². The molecule has 1 aliphatic carbocycles. The topological polar surface area (TPSA) is 55.8 Å². The Bertz CT molecular complexity index is 530. The second-order valence-corrected chi connectivity index (χ2v) is 7.45. The number of carbonyl (C=O) groups excluding carboxylic acids is 1. The average molecular weight is 363 g/mol. The van der Waals surface area contributed by atoms with E-state index in [2.05, 4.69) is 26.0 Å². The number of ether oxygens (including phenoxy) is 2. The highest BCUT2D eigenvalue weighted by Gasteiger charge is 2.36. The van der Waals surface area contributed by atoms with Crippen LogP contribution in [0, 0.1) is 0 Å². The van der Waals surface area contributed by atoms with E-state index in [0.29, 0.717) is 32.3 Å². The fourth-order valence-corrected chi connectivity index (χ4v) is 3.52. The van der Waals surface area contributed by atoms with E-state index in [1.54, 1.807) is 0 Å². The van der Waals surface area contributed by atoms with Crippen LogP contribution in [0.4, 0.5) is 4.79 Å². The van der Waals surface area contributed by atoms with Gasteiger partial charge in [0.25, 0.3) is 0 Å². The molecule has 4 nitrogen and oxygen atoms in total. The summed E-state index contributed by atoms with van der Waals surface area (Å²) in [6.07, 6.45) is 8.32. The minimum Gasteiger partial charge on any atom is -0.434 e. The minimum atomic E-state index is -0.811. The van der Waals surface area contributed by atoms with Crippen LogP contribution in [-0.4, -0.2) is 24.0 Å². The number of carbonyl (C=O) groups is 1. The van der Waals surface area contributed by atoms with Crippen LogP contribution in [0.2, 0.25) is 0 Å². The van der Waals surface area contributed by atoms with Gasteiger partial charge in [0.2, 0.25) is 0 Å². The van der Waals surface area contributed by atoms with Crippen LogP contribution >= 0.6 is 0 Å². The molecule has 0 bridgehead atoms. The summed E-state index contributed by atoms with van der Waals surface area (Å²) in [7, 11) is 0. The maximum Gasteiger partial charge on any atom is 0.508 e. The van der Waals surface area contributed by atoms with E-state index in [0.717, 1.165) is 31.2 Å². The Balaban J connectivity index is 1.78. The first-order chi connectivity index (χ1) is 12.6. The van der Waals surface area contributed by atoms with Crippen molar-refractivity contribution in [3.63, 3.8) is 0 Å². The monoisotopic (exact) mass is 362 g/mol. The Morgan fingerprint density at radius 1 is 1.08 bits per heavy atom. The molecule has 0 amide bonds. The first-order valence-electron chi connectivity index (χ1n) is 10.2. The van der Waals surface area contributed by atoms with Gasteiger partial charge >= 0.3 is 6.16 Å². The first kappa shape index (κ1) is 20.8. The zero-order chi connectivity index (χ0) is 18.8. The molecule has 1 N–H and O–H groups in total. The number of benzene rings is 1. The van der Waals surface area contributed by atoms with Crippen LogP contribution in [0.25, 0.3) is 0 Å². The van der Waals surface area contributed by atoms with Crippen molar-refractivity contribution in [2.45, 2.75) is 89.8 Å². The third kappa shape index (κ3) is 6.31. The van der Waals surface area contributed by atoms with E-state index in [9.17, 15) is 9.90 Å². The number of hydrogen-bond acceptors (Lipinski definition) is 4. The van der Waals surface area contributed by atoms with Crippen molar-refractivity contribution >= 4 is 6.16 Å². The third-order valence-corrected chi connectivity index (χ3v) is 5.30. The number of aryl methyl sites for hydroxylation is 1. The van der Waals surface area contributed by atoms with Crippen molar-refractivity contribution in [1.29, 1.82) is 0 Å². The molecule has 0 aliphatic heterocycles. The molecule has 0 aromatic heterocycles. The summed E-state index contributed by atoms with van der Waals surface area (Å²) in [5.41, 5.74) is 1.48. The summed E-state index contributed by atoms with van der Waals surface area (Å²) in [6.45, 7) is 4.73. The van der Waals surface area contributed by atoms with Gasteiger partial charge in [0, 0.05) is 0 Å². The molecule has 26 heavy (non-hydrogen) atoms. The van der Waals surface area contributed by atoms with Crippen molar-refractivity contribution in [2.75, 3.05) is 6.61 Å². The molecule has 0 heterocycles. The van der Waals surface area contributed by atoms with Crippen molar-refractivity contribution in [3.8, 4) is 0 Å². The lowest BCUT2D eigenvalue weighted by atomic mass is 9.78. The maximum absolute atomic E-state index is 11.7. The molecule has 1 saturated carbocycles. The molecule has 2 rings (SSSR count). The zero-order valence-electron chi connectivity index (χ0n) is 16.3. The summed E-state index contributed by atoms with van der Waals surface area (Å²) in [6, 6.07) is 8.35. The molecule has 1 aromatic rings. The molecular formula is C22H34O4. The predicted octanol–water partition coefficient (Wildman–Crippen LogP) is 5.50. The number of aliphatic hydroxyl groups is 1. The van der Waals surface area contributed by atoms with Crippen molar-refractivity contribution in [1.82, 2.24) is 0 Å². The van der Waals surface area contributed by atoms with E-state index in [1.165, 1.54) is 18.4 Å². The highest BCUT2D eigenvalue weighted by Crippen LogP contribution is 2.38. The van der Waals surface area contributed by atoms with Crippen LogP contribution in [0.15, 0.2) is 24.3 Å². The highest BCUT2D eigenvalue weighted by atomic mass is 16.7. The lowest BCUT2D eigenvalue weighted by molar-refractivity contribution is -0.0538. The Kier molecular flexibility index (Phi) is 8.43. The smallest absolute Gasteiger partial charge is 0.434 e. The standard InChI is InChI=1S/C22H34O4/c1-3-5-7-17-25-21(23)26-20-13-15-22(24,16-14-20)19-11-9-18(10-12-19)8-6-4-2/h9-12,20,24H,3-8,13-17H2,1-2H3. The SMILES string of the molecule is CCCCCOC(=O)OC1CCC(O)(c2ccc(CCCC)cc2)CC1. The molecule has 1 fully saturated rings. The molecule has 1 aliphatic rings. The van der Waals surface area contributed by atoms with Gasteiger partial charge in [-0.1, -0.05) is 57.4 Å². The Morgan fingerprint density at radius 3 is 2.35 bits per heavy atom. The second kappa shape index (κ2) is 10.6. The third-order valence-electron chi connectivity index (χ3n) is 5.30. The Hall–Kier alpha value is -1.55. The van der Waals surface area contributed by atoms with E-state index < -0.39 is 11.8 Å². The van der Waals surface area contributed by atoms with Crippen molar-refractivity contribution in [3.05, 3.63) is 35.4 Å². The molecule has 4 heteroatoms. The van der Waals surface area contributed by atoms with Gasteiger partial charge in [-0.25, -0.2) is 4.79 Å². The maximum atomic E-state index is 11.7. The fourth-order valence-electron chi connectivity index (χ4n) is 3.52. The second-order valence-electron chi connectivity index (χ2n) is 7.45. The van der Waals surface area contributed by atoms with Crippen molar-refractivity contribution < 1.29 is 19.4 Å². The van der Waals surface area contributed by atoms with Crippen LogP contribution in [0.5, 0.6) is 0 Å². The summed E-state index contributed by atoms with van der Waals surface area (Å²) >= 11 is 0. The number of unbranched alkanes of at least 4 members (excludes halogenated alkanes) is 3. The predicted molar refractivity (Wildman–Crippen MR) is 103 cm³/mol. The van der Waals surface area contributed by atoms with Gasteiger partial charge < -0.3 is 14.6 Å². The van der Waals surface area contributed by atoms with Crippen LogP contribution in [0.1, 0.15) is 82.8 Å². The van der Waals surface area contributed by atoms with E-state index in [4.69, 9.17) is 9.47 Å². The summed E-state index contributed by atoms with van der Waals surface area (Å²) in [4.78, 5) is 11.7. The molecule has 0 saturated heterocycles. The normalized spacial score (nSPS) is 22.8. The number of rotatable bonds is 9. The van der Waals surface area contributed by atoms with Crippen LogP contribution in [0.3, 0.4) is 0 Å². The quantitative estimate of drug-likeness (QED) is 0.465. The molecular weight excluding hydrogens is 328 g/mol. The summed E-state index contributed by atoms with van der Waals surface area (Å²) in [5, 5.41) is 11.0. The van der Waals surface area contributed by atoms with Crippen LogP contribution in [-0.2, 0) is 21.5 Å². The number of hydrogen-bond donors (Lipinski definition) is 1. The van der Waals surface area contributed by atoms with Gasteiger partial charge in [0.05, 0.1) is 12.2 Å². The average Bonchev–Trinajstić information content (AvgIpc) is 2.66. The first-order valence-corrected chi connectivity index (χ1v) is 10.2. The highest BCUT2D eigenvalue weighted by molar-refractivity contribution is 5.60. The van der Waals surface area contributed by atoms with Gasteiger partial charge in [-0.2, -0.15) is 0 Å². The lowest BCUT2D eigenvalue weighted by Gasteiger charge is -2.36. The largest absolute Gasteiger partial charge is 0.508 e. The van der Waals surface area contributed by atoms with Gasteiger partial charge in [-0.15, -0.1) is 0 Å². The van der Waals surface area contributed by atoms with Gasteiger partial charge in [-0.3, -0.25) is 0 Å². The molecule has 0 unspecified atom stereocenters. The van der Waals surface area contributed by atoms with E-state index in [1.807, 2.05) is 12.1 Å². The molecule has 0 atom stereocenters. The lowest BCUT2D eigenvalue weighted by Crippen LogP contribution is -2.35. The fraction of sp³-hybridized carbons (Fsp3) is 0.682. The van der Waals surface area contributed by atoms with Crippen molar-refractivity contribution in [2.24, 2.45) is 0 Å². The Labute approximate surface area is 157 Å². The molecule has 0 spiro atoms. The molecule has 146 valence electrons. The minimum absolute atomic E-state index is 0.155. The molecule has 0 radical (unpaired) electrons. The van der Waals surface area contributed by atoms with Gasteiger partial charge in [0.15, 0.2) is 0 Å². The van der Waals surface area contributed by atoms with Crippen LogP contribution < -0.4 is 0 Å². The Morgan fingerprint density at radius 2 is 1.73 bits per heavy atom. The summed E-state index contributed by atoms with van der Waals surface area (Å²) in [5.74, 6) is 0. The zero-order valence-corrected chi connectivity index (χ0v) is 16.3. The van der Waals surface area contributed by atoms with Gasteiger partial charge in [0.1, 0.15) is 6.10 Å². The molecule has 1 aromatic carbocycles. The summed E-state index contributed by atoms with van der Waals surface area (Å²) < 4.78 is 10.5. The van der Waals surface area contributed by atoms with E-state index in [-0.39, 0.29) is 6.10 Å².